The van der Waals surface area contributed by atoms with E-state index in [1.165, 1.54) is 47.3 Å². The zero-order valence-electron chi connectivity index (χ0n) is 85.8. The smallest absolute Gasteiger partial charge is 0.566 e. The van der Waals surface area contributed by atoms with Gasteiger partial charge in [-0.3, -0.25) is 94.7 Å². The monoisotopic (exact) mass is 2250 g/mol. The lowest BCUT2D eigenvalue weighted by Gasteiger charge is -2.28. The van der Waals surface area contributed by atoms with E-state index in [4.69, 9.17) is 51.2 Å². The standard InChI is InChI=1S/C25H36N3O9PS.C24H34N3O10PS.C18H27N2O9PS.C10H14N2O6.C8H15O4PS.C6H15N/c1-5-24(2,3)22(31)39-14-13-35-38(34,26-15-17-9-7-6-8-10-17)36-16-18-25(4,33)20(30)21(37-18)28-12-11-19(29)27-23(28)32;1-23(2,15-28)21(31)39-12-11-35-38(34,25-13-16-7-5-4-6-8-16)36-14-17-24(3,33)19(30)20(37-17)27-10-9-18(29)26-22(27)32;1-5-17(2,3)15(23)31-9-8-27-30(26)28-10-11-18(4,25)13(22)14(29-11)20-7-6-12(21)19-16(20)24;1-10(17)5(4-13)18-8(7(10)15)12-3-2-6(14)11-9(12)16;1-4-8(2,3)7(9)14-6-5-12-13(10)11;1-4-7(5-2)6-3/h6-12,18,20-21,30,33H,5,13-16H2,1-4H3,(H,26,34)(H,27,29,32);4-10,17,19-20,28,30,33H,11-15H2,1-3H3,(H,25,34)(H,26,29,32);6-7,11,13-14,22,25H,5,8-10H2,1-4H3;2-3,5,7-8,13,15,17H,4H2,1H3,(H,11,14,16);4-6H2,1-3H3;4-6H2,1-3H3/p+2/t18-,20-,21-,25?,38?;17-,19-,20-,24?,38?;11-,13-,14-,18?;5-,7-,8-,10?;;/m1111../s1. The first-order valence-electron chi connectivity index (χ1n) is 47.2. The van der Waals surface area contributed by atoms with Gasteiger partial charge >= 0.3 is 54.8 Å². The van der Waals surface area contributed by atoms with E-state index in [1.807, 2.05) is 114 Å². The third-order valence-electron chi connectivity index (χ3n) is 24.7. The van der Waals surface area contributed by atoms with Crippen molar-refractivity contribution in [3.63, 3.8) is 0 Å². The average Bonchev–Trinajstić information content (AvgIpc) is 1.66. The van der Waals surface area contributed by atoms with Crippen LogP contribution in [0.1, 0.15) is 180 Å². The normalized spacial score (nSPS) is 24.8. The van der Waals surface area contributed by atoms with Crippen molar-refractivity contribution in [2.24, 2.45) is 21.7 Å². The molecule has 0 radical (unpaired) electrons. The summed E-state index contributed by atoms with van der Waals surface area (Å²) >= 11 is 4.22. The van der Waals surface area contributed by atoms with Crippen molar-refractivity contribution in [2.45, 2.75) is 253 Å². The Balaban J connectivity index is 0.000000332. The number of aromatic nitrogens is 8. The van der Waals surface area contributed by atoms with E-state index >= 15 is 0 Å². The topological polar surface area (TPSA) is 711 Å². The second-order valence-electron chi connectivity index (χ2n) is 37.4. The van der Waals surface area contributed by atoms with Gasteiger partial charge in [-0.25, -0.2) is 38.5 Å². The molecule has 4 aliphatic rings. The van der Waals surface area contributed by atoms with Crippen LogP contribution < -0.4 is 65.0 Å². The van der Waals surface area contributed by atoms with E-state index in [9.17, 15) is 127 Å². The summed E-state index contributed by atoms with van der Waals surface area (Å²) in [6.45, 7) is 33.8. The Kier molecular flexibility index (Phi) is 53.3. The summed E-state index contributed by atoms with van der Waals surface area (Å²) in [4.78, 5) is 161. The Labute approximate surface area is 872 Å². The van der Waals surface area contributed by atoms with E-state index in [2.05, 4.69) is 40.5 Å². The number of ether oxygens (including phenoxy) is 4. The second-order valence-corrected chi connectivity index (χ2v) is 47.0. The van der Waals surface area contributed by atoms with Crippen molar-refractivity contribution < 1.29 is 149 Å². The van der Waals surface area contributed by atoms with Crippen LogP contribution in [0.5, 0.6) is 0 Å². The summed E-state index contributed by atoms with van der Waals surface area (Å²) in [5.41, 5.74) is -13.7. The molecule has 4 aliphatic heterocycles. The fourth-order valence-electron chi connectivity index (χ4n) is 13.1. The number of rotatable bonds is 47. The van der Waals surface area contributed by atoms with Crippen LogP contribution >= 0.6 is 79.1 Å². The first-order chi connectivity index (χ1) is 69.1. The highest BCUT2D eigenvalue weighted by Gasteiger charge is 2.58. The molecule has 0 saturated carbocycles. The van der Waals surface area contributed by atoms with Crippen LogP contribution in [0, 0.1) is 21.7 Å². The van der Waals surface area contributed by atoms with Crippen LogP contribution in [-0.4, -0.2) is 283 Å². The molecule has 148 heavy (non-hydrogen) atoms. The minimum atomic E-state index is -4.04. The molecule has 20 atom stereocenters. The molecule has 8 unspecified atom stereocenters. The number of aliphatic hydroxyl groups excluding tert-OH is 6. The zero-order chi connectivity index (χ0) is 111. The molecule has 4 aromatic heterocycles. The highest BCUT2D eigenvalue weighted by Crippen LogP contribution is 2.50. The molecule has 0 spiro atoms. The lowest BCUT2D eigenvalue weighted by molar-refractivity contribution is -0.894. The number of carbonyl (C=O) groups excluding carboxylic acids is 4. The molecule has 17 N–H and O–H groups in total. The van der Waals surface area contributed by atoms with E-state index in [-0.39, 0.29) is 90.1 Å². The minimum Gasteiger partial charge on any atom is -0.566 e. The molecule has 2 aromatic carbocycles. The van der Waals surface area contributed by atoms with Crippen molar-refractivity contribution in [1.29, 1.82) is 0 Å². The van der Waals surface area contributed by atoms with Crippen LogP contribution in [-0.2, 0) is 101 Å². The van der Waals surface area contributed by atoms with Crippen LogP contribution in [0.15, 0.2) is 148 Å². The number of quaternary nitrogens is 1. The Morgan fingerprint density at radius 1 is 0.419 bits per heavy atom. The molecule has 57 heteroatoms. The largest absolute Gasteiger partial charge is 0.697 e. The van der Waals surface area contributed by atoms with Gasteiger partial charge in [0.15, 0.2) is 45.4 Å². The molecule has 6 aromatic rings. The third-order valence-corrected chi connectivity index (χ3v) is 33.7. The van der Waals surface area contributed by atoms with Gasteiger partial charge in [0.1, 0.15) is 91.1 Å². The van der Waals surface area contributed by atoms with Crippen LogP contribution in [0.2, 0.25) is 0 Å². The summed E-state index contributed by atoms with van der Waals surface area (Å²) in [6, 6.07) is 22.5. The Morgan fingerprint density at radius 2 is 0.689 bits per heavy atom. The lowest BCUT2D eigenvalue weighted by Crippen LogP contribution is -3.11. The van der Waals surface area contributed by atoms with Gasteiger partial charge in [-0.15, -0.1) is 13.6 Å². The van der Waals surface area contributed by atoms with Gasteiger partial charge in [0.05, 0.1) is 64.7 Å². The average molecular weight is 2250 g/mol. The first kappa shape index (κ1) is 131. The van der Waals surface area contributed by atoms with Crippen molar-refractivity contribution in [3.05, 3.63) is 204 Å². The highest BCUT2D eigenvalue weighted by molar-refractivity contribution is 8.14. The maximum Gasteiger partial charge on any atom is 0.697 e. The molecule has 8 heterocycles. The van der Waals surface area contributed by atoms with Gasteiger partial charge in [0.25, 0.3) is 22.2 Å². The predicted molar refractivity (Wildman–Crippen MR) is 549 cm³/mol. The molecule has 49 nitrogen and oxygen atoms in total. The number of H-pyrrole nitrogens is 4. The number of benzene rings is 2. The number of nitrogens with one attached hydrogen (secondary N) is 7. The Morgan fingerprint density at radius 3 is 0.946 bits per heavy atom. The summed E-state index contributed by atoms with van der Waals surface area (Å²) in [5.74, 6) is 1.07. The van der Waals surface area contributed by atoms with Crippen molar-refractivity contribution in [2.75, 3.05) is 102 Å². The van der Waals surface area contributed by atoms with Crippen LogP contribution in [0.4, 0.5) is 0 Å². The molecule has 0 bridgehead atoms. The fraction of sp³-hybridized carbons (Fsp3) is 0.648. The van der Waals surface area contributed by atoms with Crippen molar-refractivity contribution >= 4 is 99.5 Å². The molecule has 4 saturated heterocycles. The summed E-state index contributed by atoms with van der Waals surface area (Å²) in [7, 11) is -13.4. The maximum atomic E-state index is 13.6. The predicted octanol–water partition coefficient (Wildman–Crippen LogP) is 3.05. The van der Waals surface area contributed by atoms with Crippen LogP contribution in [0.3, 0.4) is 0 Å². The van der Waals surface area contributed by atoms with E-state index in [0.717, 1.165) is 132 Å². The lowest BCUT2D eigenvalue weighted by atomic mass is 9.92. The molecule has 0 amide bonds. The molecular formula is C91H143N11O38P4S4+2. The number of thioether (sulfide) groups is 4. The van der Waals surface area contributed by atoms with Crippen LogP contribution in [0.25, 0.3) is 0 Å². The van der Waals surface area contributed by atoms with Gasteiger partial charge < -0.3 is 79.8 Å². The maximum absolute atomic E-state index is 13.6. The number of nitrogens with zero attached hydrogens (tertiary/aromatic N) is 4. The number of aromatic amines is 4. The quantitative estimate of drug-likeness (QED) is 0.0193. The number of hydrogen-bond acceptors (Lipinski definition) is 42. The molecule has 10 rings (SSSR count). The van der Waals surface area contributed by atoms with Gasteiger partial charge in [-0.05, 0) is 97.3 Å². The summed E-state index contributed by atoms with van der Waals surface area (Å²) in [6.07, 6.45) is -9.11. The molecule has 4 fully saturated rings. The molecule has 0 aliphatic carbocycles. The first-order valence-corrected chi connectivity index (χ1v) is 56.4. The highest BCUT2D eigenvalue weighted by atomic mass is 32.2. The fourth-order valence-corrected chi connectivity index (χ4v) is 20.5. The summed E-state index contributed by atoms with van der Waals surface area (Å²) in [5, 5.41) is 108. The van der Waals surface area contributed by atoms with Gasteiger partial charge in [0.2, 0.25) is 0 Å². The number of hydrogen-bond donors (Lipinski definition) is 17. The van der Waals surface area contributed by atoms with Gasteiger partial charge in [-0.1, -0.05) is 170 Å². The second kappa shape index (κ2) is 60.1. The Hall–Kier alpha value is -7.10. The van der Waals surface area contributed by atoms with Crippen molar-refractivity contribution in [3.8, 4) is 0 Å². The molecular weight excluding hydrogens is 2110 g/mol. The third kappa shape index (κ3) is 39.1. The minimum absolute atomic E-state index is 0.00507. The van der Waals surface area contributed by atoms with Crippen molar-refractivity contribution in [1.82, 2.24) is 48.4 Å². The zero-order valence-corrected chi connectivity index (χ0v) is 92.6. The van der Waals surface area contributed by atoms with Gasteiger partial charge in [-0.2, -0.15) is 0 Å². The van der Waals surface area contributed by atoms with Gasteiger partial charge in [0, 0.05) is 106 Å². The molecule has 832 valence electrons. The van der Waals surface area contributed by atoms with E-state index in [0.29, 0.717) is 24.3 Å². The van der Waals surface area contributed by atoms with E-state index < -0.39 is 209 Å². The SMILES string of the molecule is CC(C)(CO)C(=O)SCCOP(=O)(NCc1ccccc1)OC[C@H]1O[C@@H](n2ccc(=O)[nH]c2=O)[C@@H](O)C1(C)O.CC1(O)[C@H](O)[C@H](n2ccc(=O)[nH]c2=O)O[C@@H]1CO.CCC(C)(C)C(=O)SCCOP(=O)(NCc1ccccc1)OC[C@H]1O[C@@H](n2ccc(=O)[nH]c2=O)[C@@H](O)C1(C)O.CCC(C)(C)C(=O)SCCO[P+](=O)OC[C@H]1O[C@@H](n2ccc(=O)[nH]c2=O)[C@@H](O)C1(C)O.CCC(C)(C)C(=O)SCCO[P+](=O)[O-].CC[NH+](CC)CC. The Bertz CT molecular complexity index is 5660. The summed E-state index contributed by atoms with van der Waals surface area (Å²) < 4.78 is 112. The number of carbonyl (C=O) groups is 4. The number of aliphatic hydroxyl groups is 10. The van der Waals surface area contributed by atoms with E-state index in [1.54, 1.807) is 43.0 Å².